The first-order chi connectivity index (χ1) is 11.1. The summed E-state index contributed by atoms with van der Waals surface area (Å²) in [7, 11) is 0. The molecule has 0 saturated heterocycles. The van der Waals surface area contributed by atoms with E-state index in [9.17, 15) is 9.59 Å². The molecule has 0 fully saturated rings. The summed E-state index contributed by atoms with van der Waals surface area (Å²) in [5, 5.41) is 9.16. The van der Waals surface area contributed by atoms with Gasteiger partial charge in [0.2, 0.25) is 0 Å². The average Bonchev–Trinajstić information content (AvgIpc) is 2.56. The van der Waals surface area contributed by atoms with Crippen molar-refractivity contribution in [2.24, 2.45) is 0 Å². The summed E-state index contributed by atoms with van der Waals surface area (Å²) in [6.07, 6.45) is 0.0397. The molecule has 0 amide bonds. The van der Waals surface area contributed by atoms with E-state index in [4.69, 9.17) is 14.6 Å². The second-order valence-electron chi connectivity index (χ2n) is 5.05. The Morgan fingerprint density at radius 1 is 0.957 bits per heavy atom. The molecular formula is C18H18O5. The quantitative estimate of drug-likeness (QED) is 0.829. The van der Waals surface area contributed by atoms with E-state index in [-0.39, 0.29) is 18.5 Å². The van der Waals surface area contributed by atoms with Gasteiger partial charge in [0.05, 0.1) is 17.7 Å². The van der Waals surface area contributed by atoms with E-state index >= 15 is 0 Å². The number of rotatable bonds is 6. The van der Waals surface area contributed by atoms with Crippen LogP contribution in [-0.4, -0.2) is 29.8 Å². The molecule has 1 atom stereocenters. The van der Waals surface area contributed by atoms with Crippen molar-refractivity contribution in [1.82, 2.24) is 0 Å². The lowest BCUT2D eigenvalue weighted by Crippen LogP contribution is -2.18. The van der Waals surface area contributed by atoms with Gasteiger partial charge in [-0.05, 0) is 43.3 Å². The number of hydrogen-bond donors (Lipinski definition) is 1. The SMILES string of the molecule is CC(CCOC(=O)c1ccc(O)cc1)OC(=O)c1ccccc1. The molecule has 0 spiro atoms. The molecule has 0 bridgehead atoms. The van der Waals surface area contributed by atoms with Crippen molar-refractivity contribution in [3.05, 3.63) is 65.7 Å². The van der Waals surface area contributed by atoms with E-state index in [0.29, 0.717) is 17.5 Å². The third-order valence-corrected chi connectivity index (χ3v) is 3.18. The zero-order valence-corrected chi connectivity index (χ0v) is 12.8. The molecule has 0 aromatic heterocycles. The van der Waals surface area contributed by atoms with Gasteiger partial charge in [-0.15, -0.1) is 0 Å². The molecule has 0 radical (unpaired) electrons. The smallest absolute Gasteiger partial charge is 0.338 e. The van der Waals surface area contributed by atoms with E-state index in [0.717, 1.165) is 0 Å². The minimum absolute atomic E-state index is 0.0861. The number of phenolic OH excluding ortho intramolecular Hbond substituents is 1. The standard InChI is InChI=1S/C18H18O5/c1-13(23-18(21)14-5-3-2-4-6-14)11-12-22-17(20)15-7-9-16(19)10-8-15/h2-10,13,19H,11-12H2,1H3. The second-order valence-corrected chi connectivity index (χ2v) is 5.05. The monoisotopic (exact) mass is 314 g/mol. The van der Waals surface area contributed by atoms with Crippen molar-refractivity contribution in [1.29, 1.82) is 0 Å². The van der Waals surface area contributed by atoms with Crippen LogP contribution in [-0.2, 0) is 9.47 Å². The zero-order chi connectivity index (χ0) is 16.7. The van der Waals surface area contributed by atoms with Crippen LogP contribution in [0.5, 0.6) is 5.75 Å². The summed E-state index contributed by atoms with van der Waals surface area (Å²) in [5.41, 5.74) is 0.845. The van der Waals surface area contributed by atoms with Gasteiger partial charge in [0.1, 0.15) is 11.9 Å². The number of carbonyl (C=O) groups is 2. The van der Waals surface area contributed by atoms with Gasteiger partial charge in [-0.1, -0.05) is 18.2 Å². The topological polar surface area (TPSA) is 72.8 Å². The molecule has 0 heterocycles. The number of aromatic hydroxyl groups is 1. The van der Waals surface area contributed by atoms with Crippen LogP contribution in [0.3, 0.4) is 0 Å². The number of benzene rings is 2. The van der Waals surface area contributed by atoms with Gasteiger partial charge < -0.3 is 14.6 Å². The first kappa shape index (κ1) is 16.5. The Hall–Kier alpha value is -2.82. The van der Waals surface area contributed by atoms with Crippen LogP contribution in [0, 0.1) is 0 Å². The van der Waals surface area contributed by atoms with Gasteiger partial charge in [0, 0.05) is 6.42 Å². The number of phenols is 1. The Bertz CT molecular complexity index is 649. The van der Waals surface area contributed by atoms with Crippen molar-refractivity contribution in [2.45, 2.75) is 19.4 Å². The van der Waals surface area contributed by atoms with E-state index < -0.39 is 11.9 Å². The highest BCUT2D eigenvalue weighted by Crippen LogP contribution is 2.11. The highest BCUT2D eigenvalue weighted by atomic mass is 16.6. The van der Waals surface area contributed by atoms with E-state index in [2.05, 4.69) is 0 Å². The van der Waals surface area contributed by atoms with Crippen LogP contribution < -0.4 is 0 Å². The van der Waals surface area contributed by atoms with Crippen molar-refractivity contribution >= 4 is 11.9 Å². The fourth-order valence-corrected chi connectivity index (χ4v) is 1.88. The highest BCUT2D eigenvalue weighted by molar-refractivity contribution is 5.90. The van der Waals surface area contributed by atoms with E-state index in [1.807, 2.05) is 6.07 Å². The molecule has 120 valence electrons. The van der Waals surface area contributed by atoms with Crippen LogP contribution in [0.25, 0.3) is 0 Å². The Kier molecular flexibility index (Phi) is 5.74. The van der Waals surface area contributed by atoms with Gasteiger partial charge >= 0.3 is 11.9 Å². The molecular weight excluding hydrogens is 296 g/mol. The first-order valence-electron chi connectivity index (χ1n) is 7.28. The normalized spacial score (nSPS) is 11.5. The lowest BCUT2D eigenvalue weighted by Gasteiger charge is -2.13. The molecule has 5 heteroatoms. The molecule has 0 aliphatic heterocycles. The Balaban J connectivity index is 1.74. The van der Waals surface area contributed by atoms with Gasteiger partial charge in [0.25, 0.3) is 0 Å². The minimum atomic E-state index is -0.480. The van der Waals surface area contributed by atoms with Gasteiger partial charge in [-0.2, -0.15) is 0 Å². The molecule has 2 aromatic rings. The summed E-state index contributed by atoms with van der Waals surface area (Å²) >= 11 is 0. The molecule has 5 nitrogen and oxygen atoms in total. The van der Waals surface area contributed by atoms with Crippen molar-refractivity contribution in [2.75, 3.05) is 6.61 Å². The van der Waals surface area contributed by atoms with E-state index in [1.165, 1.54) is 24.3 Å². The predicted octanol–water partition coefficient (Wildman–Crippen LogP) is 3.18. The maximum atomic E-state index is 11.9. The fraction of sp³-hybridized carbons (Fsp3) is 0.222. The Morgan fingerprint density at radius 3 is 2.22 bits per heavy atom. The zero-order valence-electron chi connectivity index (χ0n) is 12.8. The average molecular weight is 314 g/mol. The molecule has 0 aliphatic carbocycles. The lowest BCUT2D eigenvalue weighted by molar-refractivity contribution is 0.0229. The van der Waals surface area contributed by atoms with Gasteiger partial charge in [-0.25, -0.2) is 9.59 Å². The third kappa shape index (κ3) is 5.14. The molecule has 0 aliphatic rings. The molecule has 1 N–H and O–H groups in total. The summed E-state index contributed by atoms with van der Waals surface area (Å²) in [6.45, 7) is 1.89. The number of ether oxygens (including phenoxy) is 2. The maximum absolute atomic E-state index is 11.9. The number of carbonyl (C=O) groups excluding carboxylic acids is 2. The van der Waals surface area contributed by atoms with E-state index in [1.54, 1.807) is 31.2 Å². The van der Waals surface area contributed by atoms with Gasteiger partial charge in [0.15, 0.2) is 0 Å². The third-order valence-electron chi connectivity index (χ3n) is 3.18. The summed E-state index contributed by atoms with van der Waals surface area (Å²) in [6, 6.07) is 14.5. The molecule has 23 heavy (non-hydrogen) atoms. The fourth-order valence-electron chi connectivity index (χ4n) is 1.88. The minimum Gasteiger partial charge on any atom is -0.508 e. The van der Waals surface area contributed by atoms with Gasteiger partial charge in [-0.3, -0.25) is 0 Å². The summed E-state index contributed by atoms with van der Waals surface area (Å²) < 4.78 is 10.4. The highest BCUT2D eigenvalue weighted by Gasteiger charge is 2.13. The lowest BCUT2D eigenvalue weighted by atomic mass is 10.2. The largest absolute Gasteiger partial charge is 0.508 e. The van der Waals surface area contributed by atoms with Crippen LogP contribution in [0.15, 0.2) is 54.6 Å². The molecule has 0 saturated carbocycles. The second kappa shape index (κ2) is 7.98. The number of esters is 2. The molecule has 1 unspecified atom stereocenters. The maximum Gasteiger partial charge on any atom is 0.338 e. The van der Waals surface area contributed by atoms with Crippen LogP contribution in [0.2, 0.25) is 0 Å². The predicted molar refractivity (Wildman–Crippen MR) is 84.3 cm³/mol. The molecule has 2 aromatic carbocycles. The van der Waals surface area contributed by atoms with Crippen LogP contribution in [0.1, 0.15) is 34.1 Å². The summed E-state index contributed by atoms with van der Waals surface area (Å²) in [4.78, 5) is 23.6. The summed E-state index contributed by atoms with van der Waals surface area (Å²) in [5.74, 6) is -0.794. The van der Waals surface area contributed by atoms with Crippen LogP contribution >= 0.6 is 0 Å². The van der Waals surface area contributed by atoms with Crippen molar-refractivity contribution in [3.63, 3.8) is 0 Å². The van der Waals surface area contributed by atoms with Crippen molar-refractivity contribution in [3.8, 4) is 5.75 Å². The Labute approximate surface area is 134 Å². The first-order valence-corrected chi connectivity index (χ1v) is 7.28. The molecule has 2 rings (SSSR count). The van der Waals surface area contributed by atoms with Crippen molar-refractivity contribution < 1.29 is 24.2 Å². The Morgan fingerprint density at radius 2 is 1.57 bits per heavy atom. The number of hydrogen-bond acceptors (Lipinski definition) is 5. The van der Waals surface area contributed by atoms with Crippen LogP contribution in [0.4, 0.5) is 0 Å².